The Labute approximate surface area is 120 Å². The molecule has 1 aromatic carbocycles. The number of benzene rings is 1. The fraction of sp³-hybridized carbons (Fsp3) is 0.214. The monoisotopic (exact) mass is 291 g/mol. The van der Waals surface area contributed by atoms with Crippen LogP contribution in [0.15, 0.2) is 24.3 Å². The highest BCUT2D eigenvalue weighted by atomic mass is 19.1. The van der Waals surface area contributed by atoms with Crippen molar-refractivity contribution >= 4 is 17.6 Å². The molecule has 0 spiro atoms. The predicted octanol–water partition coefficient (Wildman–Crippen LogP) is 2.07. The van der Waals surface area contributed by atoms with E-state index in [4.69, 9.17) is 5.11 Å². The largest absolute Gasteiger partial charge is 0.478 e. The van der Waals surface area contributed by atoms with E-state index in [9.17, 15) is 14.0 Å². The van der Waals surface area contributed by atoms with E-state index in [0.717, 1.165) is 11.8 Å². The van der Waals surface area contributed by atoms with Gasteiger partial charge < -0.3 is 10.4 Å². The van der Waals surface area contributed by atoms with Gasteiger partial charge in [0.2, 0.25) is 0 Å². The zero-order chi connectivity index (χ0) is 15.6. The molecule has 6 nitrogen and oxygen atoms in total. The third-order valence-corrected chi connectivity index (χ3v) is 2.99. The van der Waals surface area contributed by atoms with Crippen LogP contribution >= 0.6 is 0 Å². The van der Waals surface area contributed by atoms with Crippen molar-refractivity contribution < 1.29 is 19.1 Å². The highest BCUT2D eigenvalue weighted by Crippen LogP contribution is 2.17. The number of amides is 1. The molecule has 0 bridgehead atoms. The molecule has 2 N–H and O–H groups in total. The number of anilines is 1. The Morgan fingerprint density at radius 2 is 2.10 bits per heavy atom. The molecule has 0 unspecified atom stereocenters. The minimum Gasteiger partial charge on any atom is -0.478 e. The van der Waals surface area contributed by atoms with Crippen molar-refractivity contribution in [2.45, 2.75) is 13.3 Å². The van der Waals surface area contributed by atoms with Gasteiger partial charge in [-0.05, 0) is 30.7 Å². The number of nitrogens with zero attached hydrogens (tertiary/aromatic N) is 2. The summed E-state index contributed by atoms with van der Waals surface area (Å²) in [7, 11) is 1.62. The maximum absolute atomic E-state index is 13.8. The minimum absolute atomic E-state index is 0.0794. The first-order valence-corrected chi connectivity index (χ1v) is 6.29. The quantitative estimate of drug-likeness (QED) is 0.903. The Morgan fingerprint density at radius 3 is 2.62 bits per heavy atom. The molecule has 1 aromatic heterocycles. The van der Waals surface area contributed by atoms with Crippen molar-refractivity contribution in [3.63, 3.8) is 0 Å². The van der Waals surface area contributed by atoms with E-state index in [1.54, 1.807) is 13.1 Å². The van der Waals surface area contributed by atoms with Gasteiger partial charge in [-0.1, -0.05) is 6.92 Å². The van der Waals surface area contributed by atoms with Crippen LogP contribution in [0.25, 0.3) is 0 Å². The molecule has 110 valence electrons. The van der Waals surface area contributed by atoms with Crippen LogP contribution in [0.4, 0.5) is 10.1 Å². The smallest absolute Gasteiger partial charge is 0.335 e. The van der Waals surface area contributed by atoms with Crippen molar-refractivity contribution in [1.82, 2.24) is 9.78 Å². The summed E-state index contributed by atoms with van der Waals surface area (Å²) < 4.78 is 15.2. The molecule has 0 saturated carbocycles. The maximum atomic E-state index is 13.8. The van der Waals surface area contributed by atoms with Crippen molar-refractivity contribution in [2.75, 3.05) is 5.32 Å². The molecule has 0 saturated heterocycles. The number of carbonyl (C=O) groups is 2. The molecule has 7 heteroatoms. The zero-order valence-electron chi connectivity index (χ0n) is 11.6. The number of aromatic nitrogens is 2. The van der Waals surface area contributed by atoms with Crippen LogP contribution in [-0.4, -0.2) is 26.8 Å². The van der Waals surface area contributed by atoms with E-state index in [-0.39, 0.29) is 11.3 Å². The minimum atomic E-state index is -1.23. The lowest BCUT2D eigenvalue weighted by atomic mass is 10.2. The number of aromatic carboxylic acids is 1. The van der Waals surface area contributed by atoms with Crippen molar-refractivity contribution in [2.24, 2.45) is 7.05 Å². The first-order chi connectivity index (χ1) is 9.92. The molecule has 2 aromatic rings. The lowest BCUT2D eigenvalue weighted by Gasteiger charge is -2.07. The van der Waals surface area contributed by atoms with E-state index in [1.165, 1.54) is 16.8 Å². The number of halogens is 1. The van der Waals surface area contributed by atoms with Crippen molar-refractivity contribution in [3.05, 3.63) is 47.0 Å². The highest BCUT2D eigenvalue weighted by molar-refractivity contribution is 6.03. The first kappa shape index (κ1) is 14.7. The number of hydrogen-bond donors (Lipinski definition) is 2. The summed E-state index contributed by atoms with van der Waals surface area (Å²) in [6.07, 6.45) is 0.683. The SMILES string of the molecule is CCc1cc(C(=O)Nc2ccc(C(=O)O)cc2F)n(C)n1. The third kappa shape index (κ3) is 3.07. The Kier molecular flexibility index (Phi) is 4.02. The number of carboxylic acids is 1. The van der Waals surface area contributed by atoms with Crippen LogP contribution in [0.1, 0.15) is 33.5 Å². The van der Waals surface area contributed by atoms with E-state index >= 15 is 0 Å². The third-order valence-electron chi connectivity index (χ3n) is 2.99. The molecule has 1 amide bonds. The average Bonchev–Trinajstić information content (AvgIpc) is 2.82. The van der Waals surface area contributed by atoms with Gasteiger partial charge in [0.05, 0.1) is 16.9 Å². The van der Waals surface area contributed by atoms with Crippen LogP contribution in [0.5, 0.6) is 0 Å². The van der Waals surface area contributed by atoms with E-state index in [2.05, 4.69) is 10.4 Å². The normalized spacial score (nSPS) is 10.4. The summed E-state index contributed by atoms with van der Waals surface area (Å²) in [4.78, 5) is 22.8. The molecular formula is C14H14FN3O3. The number of carboxylic acid groups (broad SMARTS) is 1. The maximum Gasteiger partial charge on any atom is 0.335 e. The van der Waals surface area contributed by atoms with Gasteiger partial charge in [-0.25, -0.2) is 9.18 Å². The van der Waals surface area contributed by atoms with Gasteiger partial charge in [-0.15, -0.1) is 0 Å². The van der Waals surface area contributed by atoms with Gasteiger partial charge in [0.15, 0.2) is 0 Å². The zero-order valence-corrected chi connectivity index (χ0v) is 11.6. The van der Waals surface area contributed by atoms with E-state index in [1.807, 2.05) is 6.92 Å². The second-order valence-electron chi connectivity index (χ2n) is 4.45. The van der Waals surface area contributed by atoms with Crippen LogP contribution in [0.2, 0.25) is 0 Å². The number of rotatable bonds is 4. The van der Waals surface area contributed by atoms with Gasteiger partial charge in [0.1, 0.15) is 11.5 Å². The van der Waals surface area contributed by atoms with Crippen LogP contribution in [0, 0.1) is 5.82 Å². The van der Waals surface area contributed by atoms with Gasteiger partial charge in [0.25, 0.3) is 5.91 Å². The first-order valence-electron chi connectivity index (χ1n) is 6.29. The molecule has 0 aliphatic heterocycles. The number of carbonyl (C=O) groups excluding carboxylic acids is 1. The average molecular weight is 291 g/mol. The molecule has 21 heavy (non-hydrogen) atoms. The molecule has 0 atom stereocenters. The van der Waals surface area contributed by atoms with Gasteiger partial charge in [-0.2, -0.15) is 5.10 Å². The highest BCUT2D eigenvalue weighted by Gasteiger charge is 2.15. The van der Waals surface area contributed by atoms with Crippen molar-refractivity contribution in [3.8, 4) is 0 Å². The fourth-order valence-corrected chi connectivity index (χ4v) is 1.85. The summed E-state index contributed by atoms with van der Waals surface area (Å²) in [5.74, 6) is -2.54. The lowest BCUT2D eigenvalue weighted by Crippen LogP contribution is -2.17. The van der Waals surface area contributed by atoms with E-state index < -0.39 is 17.7 Å². The van der Waals surface area contributed by atoms with Crippen LogP contribution in [-0.2, 0) is 13.5 Å². The van der Waals surface area contributed by atoms with E-state index in [0.29, 0.717) is 12.1 Å². The summed E-state index contributed by atoms with van der Waals surface area (Å²) >= 11 is 0. The Morgan fingerprint density at radius 1 is 1.38 bits per heavy atom. The summed E-state index contributed by atoms with van der Waals surface area (Å²) in [5, 5.41) is 15.3. The molecule has 0 aliphatic rings. The number of aryl methyl sites for hydroxylation is 2. The number of nitrogens with one attached hydrogen (secondary N) is 1. The summed E-state index contributed by atoms with van der Waals surface area (Å²) in [6, 6.07) is 4.92. The molecule has 0 radical (unpaired) electrons. The predicted molar refractivity (Wildman–Crippen MR) is 73.9 cm³/mol. The molecular weight excluding hydrogens is 277 g/mol. The molecule has 2 rings (SSSR count). The number of hydrogen-bond acceptors (Lipinski definition) is 3. The second kappa shape index (κ2) is 5.74. The van der Waals surface area contributed by atoms with Crippen LogP contribution in [0.3, 0.4) is 0 Å². The Hall–Kier alpha value is -2.70. The molecule has 1 heterocycles. The lowest BCUT2D eigenvalue weighted by molar-refractivity contribution is 0.0696. The molecule has 0 fully saturated rings. The van der Waals surface area contributed by atoms with Gasteiger partial charge >= 0.3 is 5.97 Å². The molecule has 0 aliphatic carbocycles. The standard InChI is InChI=1S/C14H14FN3O3/c1-3-9-7-12(18(2)17-9)13(19)16-11-5-4-8(14(20)21)6-10(11)15/h4-7H,3H2,1-2H3,(H,16,19)(H,20,21). The fourth-order valence-electron chi connectivity index (χ4n) is 1.85. The van der Waals surface area contributed by atoms with Crippen LogP contribution < -0.4 is 5.32 Å². The van der Waals surface area contributed by atoms with Crippen molar-refractivity contribution in [1.29, 1.82) is 0 Å². The van der Waals surface area contributed by atoms with Gasteiger partial charge in [0, 0.05) is 7.05 Å². The topological polar surface area (TPSA) is 84.2 Å². The Bertz CT molecular complexity index is 709. The Balaban J connectivity index is 2.23. The second-order valence-corrected chi connectivity index (χ2v) is 4.45. The summed E-state index contributed by atoms with van der Waals surface area (Å²) in [5.41, 5.74) is 0.793. The van der Waals surface area contributed by atoms with Gasteiger partial charge in [-0.3, -0.25) is 9.48 Å². The summed E-state index contributed by atoms with van der Waals surface area (Å²) in [6.45, 7) is 1.91.